The molecule has 0 bridgehead atoms. The molecule has 2 heterocycles. The van der Waals surface area contributed by atoms with Crippen molar-refractivity contribution in [1.29, 1.82) is 0 Å². The number of benzene rings is 4. The highest BCUT2D eigenvalue weighted by molar-refractivity contribution is 6.33. The average Bonchev–Trinajstić information content (AvgIpc) is 3.27. The first-order valence-electron chi connectivity index (χ1n) is 14.1. The van der Waals surface area contributed by atoms with Crippen molar-refractivity contribution in [3.05, 3.63) is 112 Å². The SMILES string of the molecule is CCCCN(CCCC)c1ccc2c(c1)Oc1ccc(Nc3ccccc3Cl)cc1C21OC(=O)c2ccccc21. The van der Waals surface area contributed by atoms with Gasteiger partial charge in [0.25, 0.3) is 0 Å². The number of hydrogen-bond acceptors (Lipinski definition) is 5. The van der Waals surface area contributed by atoms with Crippen molar-refractivity contribution in [2.24, 2.45) is 0 Å². The molecule has 1 N–H and O–H groups in total. The molecule has 204 valence electrons. The largest absolute Gasteiger partial charge is 0.456 e. The maximum absolute atomic E-state index is 13.3. The van der Waals surface area contributed by atoms with E-state index in [4.69, 9.17) is 21.1 Å². The second-order valence-corrected chi connectivity index (χ2v) is 10.8. The van der Waals surface area contributed by atoms with E-state index in [-0.39, 0.29) is 5.97 Å². The van der Waals surface area contributed by atoms with Gasteiger partial charge < -0.3 is 19.7 Å². The normalized spacial score (nSPS) is 16.5. The number of halogens is 1. The Labute approximate surface area is 240 Å². The van der Waals surface area contributed by atoms with Crippen LogP contribution in [-0.2, 0) is 10.3 Å². The third-order valence-electron chi connectivity index (χ3n) is 7.78. The van der Waals surface area contributed by atoms with Crippen LogP contribution < -0.4 is 15.0 Å². The van der Waals surface area contributed by atoms with Crippen LogP contribution in [0.3, 0.4) is 0 Å². The molecule has 4 aromatic rings. The van der Waals surface area contributed by atoms with Gasteiger partial charge >= 0.3 is 5.97 Å². The molecule has 4 aromatic carbocycles. The fraction of sp³-hybridized carbons (Fsp3) is 0.265. The van der Waals surface area contributed by atoms with Crippen LogP contribution in [0, 0.1) is 0 Å². The summed E-state index contributed by atoms with van der Waals surface area (Å²) in [7, 11) is 0. The first-order chi connectivity index (χ1) is 19.5. The zero-order valence-corrected chi connectivity index (χ0v) is 23.6. The number of rotatable bonds is 9. The number of hydrogen-bond donors (Lipinski definition) is 1. The molecule has 0 radical (unpaired) electrons. The predicted octanol–water partition coefficient (Wildman–Crippen LogP) is 9.06. The molecule has 0 fully saturated rings. The van der Waals surface area contributed by atoms with Gasteiger partial charge in [0.05, 0.1) is 16.3 Å². The maximum atomic E-state index is 13.3. The molecule has 40 heavy (non-hydrogen) atoms. The molecule has 0 aliphatic carbocycles. The standard InChI is InChI=1S/C34H33ClN2O3/c1-3-5-19-37(20-6-4-2)24-16-17-27-32(22-24)39-31-18-15-23(36-30-14-10-9-13-29(30)35)21-28(31)34(27)26-12-8-7-11-25(26)33(38)40-34/h7-18,21-22,36H,3-6,19-20H2,1-2H3. The highest BCUT2D eigenvalue weighted by Gasteiger charge is 2.53. The molecule has 0 saturated carbocycles. The number of nitrogens with zero attached hydrogens (tertiary/aromatic N) is 1. The predicted molar refractivity (Wildman–Crippen MR) is 161 cm³/mol. The van der Waals surface area contributed by atoms with E-state index in [0.29, 0.717) is 22.1 Å². The fourth-order valence-electron chi connectivity index (χ4n) is 5.72. The number of carbonyl (C=O) groups excluding carboxylic acids is 1. The van der Waals surface area contributed by atoms with Crippen LogP contribution in [-0.4, -0.2) is 19.1 Å². The van der Waals surface area contributed by atoms with Gasteiger partial charge in [0.15, 0.2) is 5.60 Å². The Kier molecular flexibility index (Phi) is 7.16. The number of carbonyl (C=O) groups is 1. The van der Waals surface area contributed by atoms with Gasteiger partial charge in [-0.2, -0.15) is 0 Å². The average molecular weight is 553 g/mol. The van der Waals surface area contributed by atoms with Gasteiger partial charge in [0, 0.05) is 47.2 Å². The first-order valence-corrected chi connectivity index (χ1v) is 14.5. The second kappa shape index (κ2) is 10.9. The molecule has 2 aliphatic heterocycles. The summed E-state index contributed by atoms with van der Waals surface area (Å²) in [5.74, 6) is 1.03. The van der Waals surface area contributed by atoms with Crippen molar-refractivity contribution in [1.82, 2.24) is 0 Å². The molecular formula is C34H33ClN2O3. The zero-order chi connectivity index (χ0) is 27.7. The lowest BCUT2D eigenvalue weighted by atomic mass is 9.77. The van der Waals surface area contributed by atoms with E-state index in [0.717, 1.165) is 72.5 Å². The Morgan fingerprint density at radius 1 is 0.800 bits per heavy atom. The summed E-state index contributed by atoms with van der Waals surface area (Å²) in [6.45, 7) is 6.42. The molecule has 0 amide bonds. The second-order valence-electron chi connectivity index (χ2n) is 10.4. The first kappa shape index (κ1) is 26.3. The lowest BCUT2D eigenvalue weighted by Crippen LogP contribution is -2.33. The van der Waals surface area contributed by atoms with Gasteiger partial charge in [-0.25, -0.2) is 4.79 Å². The smallest absolute Gasteiger partial charge is 0.340 e. The van der Waals surface area contributed by atoms with Crippen LogP contribution in [0.1, 0.15) is 66.6 Å². The van der Waals surface area contributed by atoms with E-state index < -0.39 is 5.60 Å². The van der Waals surface area contributed by atoms with Gasteiger partial charge in [0.2, 0.25) is 0 Å². The number of para-hydroxylation sites is 1. The van der Waals surface area contributed by atoms with Crippen molar-refractivity contribution in [3.8, 4) is 11.5 Å². The maximum Gasteiger partial charge on any atom is 0.340 e. The molecule has 0 saturated heterocycles. The monoisotopic (exact) mass is 552 g/mol. The summed E-state index contributed by atoms with van der Waals surface area (Å²) in [5.41, 5.74) is 4.60. The van der Waals surface area contributed by atoms with Crippen molar-refractivity contribution in [3.63, 3.8) is 0 Å². The van der Waals surface area contributed by atoms with Gasteiger partial charge in [0.1, 0.15) is 11.5 Å². The van der Waals surface area contributed by atoms with Crippen LogP contribution in [0.15, 0.2) is 84.9 Å². The molecule has 5 nitrogen and oxygen atoms in total. The molecule has 1 spiro atoms. The summed E-state index contributed by atoms with van der Waals surface area (Å²) < 4.78 is 13.0. The molecule has 0 aromatic heterocycles. The Hall–Kier alpha value is -3.96. The van der Waals surface area contributed by atoms with Crippen LogP contribution in [0.25, 0.3) is 0 Å². The van der Waals surface area contributed by atoms with Crippen LogP contribution in [0.5, 0.6) is 11.5 Å². The van der Waals surface area contributed by atoms with Gasteiger partial charge in [-0.15, -0.1) is 0 Å². The van der Waals surface area contributed by atoms with Crippen molar-refractivity contribution in [2.45, 2.75) is 45.1 Å². The Balaban J connectivity index is 1.49. The molecule has 1 atom stereocenters. The molecule has 6 rings (SSSR count). The minimum atomic E-state index is -1.12. The number of fused-ring (bicyclic) bond motifs is 6. The molecule has 6 heteroatoms. The third-order valence-corrected chi connectivity index (χ3v) is 8.11. The summed E-state index contributed by atoms with van der Waals surface area (Å²) in [5, 5.41) is 4.04. The lowest BCUT2D eigenvalue weighted by molar-refractivity contribution is 0.0224. The quantitative estimate of drug-likeness (QED) is 0.210. The number of unbranched alkanes of at least 4 members (excludes halogenated alkanes) is 2. The van der Waals surface area contributed by atoms with Gasteiger partial charge in [-0.3, -0.25) is 0 Å². The summed E-state index contributed by atoms with van der Waals surface area (Å²) in [6, 6.07) is 27.5. The van der Waals surface area contributed by atoms with Crippen molar-refractivity contribution < 1.29 is 14.3 Å². The number of anilines is 3. The molecule has 2 aliphatic rings. The van der Waals surface area contributed by atoms with Crippen LogP contribution >= 0.6 is 11.6 Å². The summed E-state index contributed by atoms with van der Waals surface area (Å²) >= 11 is 6.43. The Morgan fingerprint density at radius 2 is 1.55 bits per heavy atom. The van der Waals surface area contributed by atoms with Crippen LogP contribution in [0.2, 0.25) is 5.02 Å². The van der Waals surface area contributed by atoms with Crippen LogP contribution in [0.4, 0.5) is 17.1 Å². The van der Waals surface area contributed by atoms with E-state index in [1.54, 1.807) is 0 Å². The zero-order valence-electron chi connectivity index (χ0n) is 22.9. The van der Waals surface area contributed by atoms with Gasteiger partial charge in [-0.1, -0.05) is 68.6 Å². The summed E-state index contributed by atoms with van der Waals surface area (Å²) in [6.07, 6.45) is 4.52. The summed E-state index contributed by atoms with van der Waals surface area (Å²) in [4.78, 5) is 15.7. The number of esters is 1. The van der Waals surface area contributed by atoms with Gasteiger partial charge in [-0.05, 0) is 61.4 Å². The van der Waals surface area contributed by atoms with E-state index in [2.05, 4.69) is 42.3 Å². The Bertz CT molecular complexity index is 1560. The molecular weight excluding hydrogens is 520 g/mol. The van der Waals surface area contributed by atoms with E-state index in [9.17, 15) is 4.79 Å². The fourth-order valence-corrected chi connectivity index (χ4v) is 5.90. The van der Waals surface area contributed by atoms with E-state index >= 15 is 0 Å². The number of nitrogens with one attached hydrogen (secondary N) is 1. The topological polar surface area (TPSA) is 50.8 Å². The highest BCUT2D eigenvalue weighted by atomic mass is 35.5. The van der Waals surface area contributed by atoms with Crippen molar-refractivity contribution in [2.75, 3.05) is 23.3 Å². The highest BCUT2D eigenvalue weighted by Crippen LogP contribution is 2.57. The molecule has 1 unspecified atom stereocenters. The van der Waals surface area contributed by atoms with E-state index in [1.165, 1.54) is 0 Å². The minimum Gasteiger partial charge on any atom is -0.456 e. The minimum absolute atomic E-state index is 0.338. The van der Waals surface area contributed by atoms with E-state index in [1.807, 2.05) is 66.7 Å². The Morgan fingerprint density at radius 3 is 2.33 bits per heavy atom. The third kappa shape index (κ3) is 4.48. The number of ether oxygens (including phenoxy) is 2. The van der Waals surface area contributed by atoms with Crippen molar-refractivity contribution >= 4 is 34.6 Å². The lowest BCUT2D eigenvalue weighted by Gasteiger charge is -2.37.